The summed E-state index contributed by atoms with van der Waals surface area (Å²) in [6.45, 7) is -0.762. The van der Waals surface area contributed by atoms with E-state index in [4.69, 9.17) is 4.74 Å². The standard InChI is InChI=1S/C15H19F2N5O2/c1-22-11(7-14(21-22)24-8-12(16)17)15(23)18-13-6-10(19-20-13)9-4-2-3-5-9/h6-7,9,12H,2-5,8H2,1H3,(H2,18,19,20,23). The molecule has 1 amide bonds. The summed E-state index contributed by atoms with van der Waals surface area (Å²) in [5.41, 5.74) is 1.22. The fourth-order valence-corrected chi connectivity index (χ4v) is 2.90. The predicted octanol–water partition coefficient (Wildman–Crippen LogP) is 2.70. The average molecular weight is 339 g/mol. The van der Waals surface area contributed by atoms with Crippen molar-refractivity contribution in [3.8, 4) is 5.88 Å². The molecular formula is C15H19F2N5O2. The first-order valence-electron chi connectivity index (χ1n) is 7.84. The molecule has 0 radical (unpaired) electrons. The molecule has 1 aliphatic carbocycles. The van der Waals surface area contributed by atoms with E-state index in [1.54, 1.807) is 7.05 Å². The van der Waals surface area contributed by atoms with E-state index in [1.807, 2.05) is 6.07 Å². The van der Waals surface area contributed by atoms with Crippen LogP contribution >= 0.6 is 0 Å². The van der Waals surface area contributed by atoms with Gasteiger partial charge < -0.3 is 10.1 Å². The number of aromatic nitrogens is 4. The van der Waals surface area contributed by atoms with Crippen LogP contribution in [0.5, 0.6) is 5.88 Å². The van der Waals surface area contributed by atoms with Gasteiger partial charge in [0.05, 0.1) is 0 Å². The largest absolute Gasteiger partial charge is 0.471 e. The van der Waals surface area contributed by atoms with Gasteiger partial charge in [0, 0.05) is 30.8 Å². The molecule has 2 aromatic rings. The van der Waals surface area contributed by atoms with Crippen molar-refractivity contribution in [3.63, 3.8) is 0 Å². The fraction of sp³-hybridized carbons (Fsp3) is 0.533. The Hall–Kier alpha value is -2.45. The number of rotatable bonds is 6. The number of H-pyrrole nitrogens is 1. The van der Waals surface area contributed by atoms with Gasteiger partial charge in [0.1, 0.15) is 5.69 Å². The van der Waals surface area contributed by atoms with E-state index in [0.717, 1.165) is 18.5 Å². The highest BCUT2D eigenvalue weighted by Gasteiger charge is 2.21. The number of carbonyl (C=O) groups is 1. The minimum absolute atomic E-state index is 0.0170. The van der Waals surface area contributed by atoms with Crippen molar-refractivity contribution in [1.82, 2.24) is 20.0 Å². The van der Waals surface area contributed by atoms with Gasteiger partial charge in [-0.15, -0.1) is 5.10 Å². The number of hydrogen-bond acceptors (Lipinski definition) is 4. The van der Waals surface area contributed by atoms with Crippen molar-refractivity contribution in [2.75, 3.05) is 11.9 Å². The number of ether oxygens (including phenoxy) is 1. The van der Waals surface area contributed by atoms with E-state index in [0.29, 0.717) is 11.7 Å². The van der Waals surface area contributed by atoms with E-state index in [1.165, 1.54) is 23.6 Å². The zero-order chi connectivity index (χ0) is 17.1. The molecule has 1 aliphatic rings. The molecule has 0 spiro atoms. The first kappa shape index (κ1) is 16.4. The summed E-state index contributed by atoms with van der Waals surface area (Å²) in [6, 6.07) is 3.15. The van der Waals surface area contributed by atoms with Gasteiger partial charge in [0.2, 0.25) is 5.88 Å². The Balaban J connectivity index is 1.64. The van der Waals surface area contributed by atoms with Crippen LogP contribution in [0.2, 0.25) is 0 Å². The summed E-state index contributed by atoms with van der Waals surface area (Å²) in [5.74, 6) is 0.449. The molecule has 7 nitrogen and oxygen atoms in total. The molecule has 0 atom stereocenters. The Morgan fingerprint density at radius 2 is 2.21 bits per heavy atom. The van der Waals surface area contributed by atoms with Crippen LogP contribution in [-0.4, -0.2) is 38.9 Å². The fourth-order valence-electron chi connectivity index (χ4n) is 2.90. The monoisotopic (exact) mass is 339 g/mol. The molecule has 0 bridgehead atoms. The lowest BCUT2D eigenvalue weighted by atomic mass is 10.0. The number of anilines is 1. The van der Waals surface area contributed by atoms with Crippen molar-refractivity contribution in [2.24, 2.45) is 7.05 Å². The maximum atomic E-state index is 12.3. The molecule has 1 fully saturated rings. The molecule has 0 unspecified atom stereocenters. The number of aryl methyl sites for hydroxylation is 1. The summed E-state index contributed by atoms with van der Waals surface area (Å²) >= 11 is 0. The normalized spacial score (nSPS) is 15.2. The van der Waals surface area contributed by atoms with Crippen LogP contribution in [0.4, 0.5) is 14.6 Å². The molecule has 24 heavy (non-hydrogen) atoms. The number of aromatic amines is 1. The molecule has 0 aromatic carbocycles. The maximum Gasteiger partial charge on any atom is 0.275 e. The van der Waals surface area contributed by atoms with Crippen molar-refractivity contribution >= 4 is 11.7 Å². The van der Waals surface area contributed by atoms with Crippen LogP contribution in [0, 0.1) is 0 Å². The zero-order valence-corrected chi connectivity index (χ0v) is 13.3. The second-order valence-corrected chi connectivity index (χ2v) is 5.84. The lowest BCUT2D eigenvalue weighted by Crippen LogP contribution is -2.16. The number of carbonyl (C=O) groups excluding carboxylic acids is 1. The van der Waals surface area contributed by atoms with Gasteiger partial charge in [-0.05, 0) is 12.8 Å². The van der Waals surface area contributed by atoms with Gasteiger partial charge in [-0.25, -0.2) is 8.78 Å². The summed E-state index contributed by atoms with van der Waals surface area (Å²) in [6.07, 6.45) is 2.08. The number of hydrogen-bond donors (Lipinski definition) is 2. The van der Waals surface area contributed by atoms with Crippen LogP contribution < -0.4 is 10.1 Å². The molecule has 2 heterocycles. The number of amides is 1. The third kappa shape index (κ3) is 3.72. The van der Waals surface area contributed by atoms with E-state index < -0.39 is 18.9 Å². The van der Waals surface area contributed by atoms with Gasteiger partial charge in [0.25, 0.3) is 12.3 Å². The number of nitrogens with zero attached hydrogens (tertiary/aromatic N) is 3. The highest BCUT2D eigenvalue weighted by Crippen LogP contribution is 2.33. The van der Waals surface area contributed by atoms with Crippen LogP contribution in [0.3, 0.4) is 0 Å². The molecule has 9 heteroatoms. The Kier molecular flexibility index (Phi) is 4.77. The topological polar surface area (TPSA) is 84.8 Å². The molecule has 130 valence electrons. The van der Waals surface area contributed by atoms with Gasteiger partial charge in [-0.3, -0.25) is 14.6 Å². The van der Waals surface area contributed by atoms with E-state index in [2.05, 4.69) is 20.6 Å². The summed E-state index contributed by atoms with van der Waals surface area (Å²) in [7, 11) is 1.54. The molecule has 0 aliphatic heterocycles. The molecule has 2 aromatic heterocycles. The third-order valence-electron chi connectivity index (χ3n) is 4.08. The van der Waals surface area contributed by atoms with Crippen LogP contribution in [0.1, 0.15) is 47.8 Å². The van der Waals surface area contributed by atoms with Gasteiger partial charge >= 0.3 is 0 Å². The van der Waals surface area contributed by atoms with Crippen molar-refractivity contribution in [1.29, 1.82) is 0 Å². The van der Waals surface area contributed by atoms with Gasteiger partial charge in [-0.2, -0.15) is 5.10 Å². The number of nitrogens with one attached hydrogen (secondary N) is 2. The lowest BCUT2D eigenvalue weighted by Gasteiger charge is -2.03. The number of alkyl halides is 2. The Morgan fingerprint density at radius 3 is 2.92 bits per heavy atom. The maximum absolute atomic E-state index is 12.3. The Labute approximate surface area is 137 Å². The highest BCUT2D eigenvalue weighted by molar-refractivity contribution is 6.02. The van der Waals surface area contributed by atoms with Crippen molar-refractivity contribution < 1.29 is 18.3 Å². The summed E-state index contributed by atoms with van der Waals surface area (Å²) in [5, 5.41) is 13.6. The third-order valence-corrected chi connectivity index (χ3v) is 4.08. The average Bonchev–Trinajstić information content (AvgIpc) is 3.24. The van der Waals surface area contributed by atoms with E-state index >= 15 is 0 Å². The van der Waals surface area contributed by atoms with E-state index in [9.17, 15) is 13.6 Å². The summed E-state index contributed by atoms with van der Waals surface area (Å²) in [4.78, 5) is 12.3. The second-order valence-electron chi connectivity index (χ2n) is 5.84. The first-order valence-corrected chi connectivity index (χ1v) is 7.84. The smallest absolute Gasteiger partial charge is 0.275 e. The van der Waals surface area contributed by atoms with Gasteiger partial charge in [0.15, 0.2) is 12.4 Å². The minimum atomic E-state index is -2.60. The second kappa shape index (κ2) is 6.98. The molecule has 1 saturated carbocycles. The minimum Gasteiger partial charge on any atom is -0.471 e. The molecular weight excluding hydrogens is 320 g/mol. The van der Waals surface area contributed by atoms with Crippen molar-refractivity contribution in [2.45, 2.75) is 38.0 Å². The predicted molar refractivity (Wildman–Crippen MR) is 82.5 cm³/mol. The SMILES string of the molecule is Cn1nc(OCC(F)F)cc1C(=O)Nc1cc(C2CCCC2)[nH]n1. The molecule has 3 rings (SSSR count). The highest BCUT2D eigenvalue weighted by atomic mass is 19.3. The van der Waals surface area contributed by atoms with Crippen LogP contribution in [0.15, 0.2) is 12.1 Å². The van der Waals surface area contributed by atoms with Crippen LogP contribution in [0.25, 0.3) is 0 Å². The summed E-state index contributed by atoms with van der Waals surface area (Å²) < 4.78 is 30.4. The Bertz CT molecular complexity index is 707. The van der Waals surface area contributed by atoms with Gasteiger partial charge in [-0.1, -0.05) is 12.8 Å². The number of halogens is 2. The quantitative estimate of drug-likeness (QED) is 0.847. The zero-order valence-electron chi connectivity index (χ0n) is 13.3. The molecule has 0 saturated heterocycles. The van der Waals surface area contributed by atoms with Crippen LogP contribution in [-0.2, 0) is 7.05 Å². The molecule has 2 N–H and O–H groups in total. The van der Waals surface area contributed by atoms with E-state index in [-0.39, 0.29) is 11.6 Å². The first-order chi connectivity index (χ1) is 11.5. The lowest BCUT2D eigenvalue weighted by molar-refractivity contribution is 0.0792. The van der Waals surface area contributed by atoms with Crippen molar-refractivity contribution in [3.05, 3.63) is 23.5 Å². The Morgan fingerprint density at radius 1 is 1.46 bits per heavy atom.